The standard InChI is InChI=1S/C13H14ClF3N4/c14-9-6-8(13(15,16)17)7-21-10(9)19-20-11(21)12(18)4-2-1-3-5-12/h6-7H,1-5,18H2. The molecule has 114 valence electrons. The molecule has 2 aromatic rings. The van der Waals surface area contributed by atoms with Crippen molar-refractivity contribution in [2.24, 2.45) is 5.73 Å². The van der Waals surface area contributed by atoms with Crippen molar-refractivity contribution in [1.82, 2.24) is 14.6 Å². The first-order valence-electron chi connectivity index (χ1n) is 6.72. The normalized spacial score (nSPS) is 19.1. The number of halogens is 4. The van der Waals surface area contributed by atoms with Gasteiger partial charge in [0.1, 0.15) is 0 Å². The Morgan fingerprint density at radius 2 is 1.86 bits per heavy atom. The van der Waals surface area contributed by atoms with Crippen LogP contribution in [0.15, 0.2) is 12.3 Å². The lowest BCUT2D eigenvalue weighted by Crippen LogP contribution is -2.40. The molecule has 2 N–H and O–H groups in total. The quantitative estimate of drug-likeness (QED) is 0.875. The second-order valence-corrected chi connectivity index (χ2v) is 5.92. The van der Waals surface area contributed by atoms with E-state index in [0.29, 0.717) is 18.7 Å². The fourth-order valence-electron chi connectivity index (χ4n) is 2.85. The molecule has 0 atom stereocenters. The van der Waals surface area contributed by atoms with Crippen LogP contribution >= 0.6 is 11.6 Å². The van der Waals surface area contributed by atoms with Crippen molar-refractivity contribution < 1.29 is 13.2 Å². The van der Waals surface area contributed by atoms with Crippen molar-refractivity contribution in [2.75, 3.05) is 0 Å². The minimum atomic E-state index is -4.48. The van der Waals surface area contributed by atoms with E-state index in [1.165, 1.54) is 4.40 Å². The molecule has 2 aromatic heterocycles. The van der Waals surface area contributed by atoms with Crippen molar-refractivity contribution in [2.45, 2.75) is 43.8 Å². The highest BCUT2D eigenvalue weighted by Crippen LogP contribution is 2.36. The number of aromatic nitrogens is 3. The van der Waals surface area contributed by atoms with E-state index < -0.39 is 17.3 Å². The van der Waals surface area contributed by atoms with E-state index in [2.05, 4.69) is 10.2 Å². The summed E-state index contributed by atoms with van der Waals surface area (Å²) in [4.78, 5) is 0. The van der Waals surface area contributed by atoms with Crippen molar-refractivity contribution in [3.8, 4) is 0 Å². The van der Waals surface area contributed by atoms with E-state index >= 15 is 0 Å². The molecule has 1 fully saturated rings. The van der Waals surface area contributed by atoms with Crippen LogP contribution < -0.4 is 5.73 Å². The van der Waals surface area contributed by atoms with E-state index in [-0.39, 0.29) is 10.7 Å². The molecule has 0 saturated heterocycles. The first-order valence-corrected chi connectivity index (χ1v) is 7.10. The number of nitrogens with two attached hydrogens (primary N) is 1. The van der Waals surface area contributed by atoms with Crippen LogP contribution in [-0.4, -0.2) is 14.6 Å². The second-order valence-electron chi connectivity index (χ2n) is 5.51. The van der Waals surface area contributed by atoms with Gasteiger partial charge in [0, 0.05) is 6.20 Å². The van der Waals surface area contributed by atoms with Crippen LogP contribution in [0.5, 0.6) is 0 Å². The number of rotatable bonds is 1. The van der Waals surface area contributed by atoms with Gasteiger partial charge in [-0.3, -0.25) is 4.40 Å². The summed E-state index contributed by atoms with van der Waals surface area (Å²) in [6.07, 6.45) is 0.789. The lowest BCUT2D eigenvalue weighted by Gasteiger charge is -2.31. The van der Waals surface area contributed by atoms with Crippen LogP contribution in [0.4, 0.5) is 13.2 Å². The molecule has 0 unspecified atom stereocenters. The summed E-state index contributed by atoms with van der Waals surface area (Å²) in [5.41, 5.74) is 4.98. The smallest absolute Gasteiger partial charge is 0.319 e. The Kier molecular flexibility index (Phi) is 3.37. The van der Waals surface area contributed by atoms with Crippen LogP contribution in [0.1, 0.15) is 43.5 Å². The van der Waals surface area contributed by atoms with Gasteiger partial charge in [0.25, 0.3) is 0 Å². The number of pyridine rings is 1. The predicted molar refractivity (Wildman–Crippen MR) is 71.9 cm³/mol. The fourth-order valence-corrected chi connectivity index (χ4v) is 3.10. The molecule has 0 amide bonds. The third-order valence-corrected chi connectivity index (χ3v) is 4.26. The number of fused-ring (bicyclic) bond motifs is 1. The van der Waals surface area contributed by atoms with Gasteiger partial charge in [-0.15, -0.1) is 10.2 Å². The Hall–Kier alpha value is -1.34. The van der Waals surface area contributed by atoms with Crippen molar-refractivity contribution in [3.63, 3.8) is 0 Å². The molecule has 0 aliphatic heterocycles. The maximum Gasteiger partial charge on any atom is 0.417 e. The Labute approximate surface area is 124 Å². The van der Waals surface area contributed by atoms with Crippen molar-refractivity contribution in [1.29, 1.82) is 0 Å². The Morgan fingerprint density at radius 1 is 1.19 bits per heavy atom. The highest BCUT2D eigenvalue weighted by atomic mass is 35.5. The summed E-state index contributed by atoms with van der Waals surface area (Å²) in [7, 11) is 0. The maximum atomic E-state index is 12.9. The minimum Gasteiger partial charge on any atom is -0.319 e. The molecule has 4 nitrogen and oxygen atoms in total. The molecule has 0 bridgehead atoms. The van der Waals surface area contributed by atoms with Crippen LogP contribution in [0.25, 0.3) is 5.65 Å². The molecule has 1 aliphatic rings. The average Bonchev–Trinajstić information content (AvgIpc) is 2.83. The molecule has 1 saturated carbocycles. The Morgan fingerprint density at radius 3 is 2.48 bits per heavy atom. The van der Waals surface area contributed by atoms with E-state index in [4.69, 9.17) is 17.3 Å². The zero-order chi connectivity index (χ0) is 15.3. The number of hydrogen-bond donors (Lipinski definition) is 1. The maximum absolute atomic E-state index is 12.9. The number of nitrogens with zero attached hydrogens (tertiary/aromatic N) is 3. The van der Waals surface area contributed by atoms with E-state index in [1.807, 2.05) is 0 Å². The van der Waals surface area contributed by atoms with Crippen LogP contribution in [0.2, 0.25) is 5.02 Å². The molecule has 0 aromatic carbocycles. The van der Waals surface area contributed by atoms with Crippen molar-refractivity contribution >= 4 is 17.2 Å². The lowest BCUT2D eigenvalue weighted by molar-refractivity contribution is -0.137. The molecule has 2 heterocycles. The summed E-state index contributed by atoms with van der Waals surface area (Å²) < 4.78 is 40.1. The molecule has 0 spiro atoms. The molecule has 8 heteroatoms. The third kappa shape index (κ3) is 2.48. The molecular formula is C13H14ClF3N4. The zero-order valence-corrected chi connectivity index (χ0v) is 11.9. The summed E-state index contributed by atoms with van der Waals surface area (Å²) in [5.74, 6) is 0.352. The number of hydrogen-bond acceptors (Lipinski definition) is 3. The highest BCUT2D eigenvalue weighted by molar-refractivity contribution is 6.33. The molecule has 21 heavy (non-hydrogen) atoms. The topological polar surface area (TPSA) is 56.2 Å². The van der Waals surface area contributed by atoms with Gasteiger partial charge in [0.15, 0.2) is 11.5 Å². The minimum absolute atomic E-state index is 0.0806. The van der Waals surface area contributed by atoms with E-state index in [0.717, 1.165) is 31.5 Å². The number of alkyl halides is 3. The fraction of sp³-hybridized carbons (Fsp3) is 0.538. The van der Waals surface area contributed by atoms with Gasteiger partial charge in [0.05, 0.1) is 16.1 Å². The van der Waals surface area contributed by atoms with Gasteiger partial charge >= 0.3 is 6.18 Å². The SMILES string of the molecule is NC1(c2nnc3c(Cl)cc(C(F)(F)F)cn23)CCCCC1. The molecule has 3 rings (SSSR count). The largest absolute Gasteiger partial charge is 0.417 e. The van der Waals surface area contributed by atoms with Crippen LogP contribution in [-0.2, 0) is 11.7 Å². The second kappa shape index (κ2) is 4.84. The summed E-state index contributed by atoms with van der Waals surface area (Å²) in [6.45, 7) is 0. The first kappa shape index (κ1) is 14.6. The van der Waals surface area contributed by atoms with Gasteiger partial charge in [0.2, 0.25) is 0 Å². The molecule has 1 aliphatic carbocycles. The van der Waals surface area contributed by atoms with Crippen LogP contribution in [0, 0.1) is 0 Å². The molecular weight excluding hydrogens is 305 g/mol. The van der Waals surface area contributed by atoms with Gasteiger partial charge in [-0.05, 0) is 18.9 Å². The Balaban J connectivity index is 2.18. The summed E-state index contributed by atoms with van der Waals surface area (Å²) >= 11 is 5.90. The highest BCUT2D eigenvalue weighted by Gasteiger charge is 2.36. The van der Waals surface area contributed by atoms with Gasteiger partial charge in [-0.1, -0.05) is 30.9 Å². The predicted octanol–water partition coefficient (Wildman–Crippen LogP) is 3.52. The van der Waals surface area contributed by atoms with Gasteiger partial charge < -0.3 is 5.73 Å². The van der Waals surface area contributed by atoms with E-state index in [1.54, 1.807) is 0 Å². The van der Waals surface area contributed by atoms with E-state index in [9.17, 15) is 13.2 Å². The van der Waals surface area contributed by atoms with Crippen molar-refractivity contribution in [3.05, 3.63) is 28.7 Å². The molecule has 0 radical (unpaired) electrons. The van der Waals surface area contributed by atoms with Gasteiger partial charge in [-0.25, -0.2) is 0 Å². The summed E-state index contributed by atoms with van der Waals surface area (Å²) in [6, 6.07) is 0.861. The third-order valence-electron chi connectivity index (χ3n) is 3.98. The lowest BCUT2D eigenvalue weighted by atomic mass is 9.82. The van der Waals surface area contributed by atoms with Gasteiger partial charge in [-0.2, -0.15) is 13.2 Å². The summed E-state index contributed by atoms with van der Waals surface area (Å²) in [5, 5.41) is 7.83. The Bertz CT molecular complexity index is 674. The first-order chi connectivity index (χ1) is 9.81. The van der Waals surface area contributed by atoms with Crippen LogP contribution in [0.3, 0.4) is 0 Å². The monoisotopic (exact) mass is 318 g/mol. The average molecular weight is 319 g/mol. The zero-order valence-electron chi connectivity index (χ0n) is 11.1.